The average molecular weight is 377 g/mol. The number of rotatable bonds is 4. The van der Waals surface area contributed by atoms with Crippen LogP contribution in [0, 0.1) is 5.92 Å². The largest absolute Gasteiger partial charge is 0.384 e. The van der Waals surface area contributed by atoms with Crippen molar-refractivity contribution in [3.8, 4) is 11.4 Å². The molecule has 0 saturated heterocycles. The van der Waals surface area contributed by atoms with Crippen molar-refractivity contribution in [2.24, 2.45) is 5.92 Å². The molecular formula is C20H23N7O. The van der Waals surface area contributed by atoms with Gasteiger partial charge in [0.1, 0.15) is 5.82 Å². The lowest BCUT2D eigenvalue weighted by Gasteiger charge is -2.38. The summed E-state index contributed by atoms with van der Waals surface area (Å²) in [6.45, 7) is 5.43. The molecular weight excluding hydrogens is 354 g/mol. The maximum Gasteiger partial charge on any atom is 0.256 e. The Kier molecular flexibility index (Phi) is 4.77. The Bertz CT molecular complexity index is 968. The standard InChI is InChI=1S/C20H23N7O/c1-3-13(2)17-19-24-18(14-5-4-8-22-11-14)25-27(19)10-9-26(17)20(28)15-6-7-16(21)23-12-15/h4-8,11-13,17H,3,9-10H2,1-2H3,(H2,21,23)/t13-,17-/m0/s1. The van der Waals surface area contributed by atoms with E-state index in [-0.39, 0.29) is 17.9 Å². The molecule has 0 radical (unpaired) electrons. The highest BCUT2D eigenvalue weighted by molar-refractivity contribution is 5.94. The molecule has 0 saturated carbocycles. The first kappa shape index (κ1) is 18.1. The summed E-state index contributed by atoms with van der Waals surface area (Å²) in [7, 11) is 0. The third kappa shape index (κ3) is 3.21. The first-order valence-corrected chi connectivity index (χ1v) is 9.46. The highest BCUT2D eigenvalue weighted by atomic mass is 16.2. The quantitative estimate of drug-likeness (QED) is 0.749. The van der Waals surface area contributed by atoms with Gasteiger partial charge in [-0.2, -0.15) is 5.10 Å². The molecule has 1 aliphatic heterocycles. The molecule has 8 heteroatoms. The van der Waals surface area contributed by atoms with Crippen LogP contribution in [-0.4, -0.2) is 42.1 Å². The Labute approximate surface area is 163 Å². The number of anilines is 1. The number of carbonyl (C=O) groups excluding carboxylic acids is 1. The van der Waals surface area contributed by atoms with E-state index in [1.165, 1.54) is 6.20 Å². The molecule has 0 spiro atoms. The smallest absolute Gasteiger partial charge is 0.256 e. The summed E-state index contributed by atoms with van der Waals surface area (Å²) >= 11 is 0. The minimum atomic E-state index is -0.151. The van der Waals surface area contributed by atoms with Gasteiger partial charge in [-0.3, -0.25) is 9.78 Å². The van der Waals surface area contributed by atoms with E-state index in [2.05, 4.69) is 28.9 Å². The van der Waals surface area contributed by atoms with E-state index in [4.69, 9.17) is 10.7 Å². The minimum Gasteiger partial charge on any atom is -0.384 e. The molecule has 0 aliphatic carbocycles. The van der Waals surface area contributed by atoms with Crippen molar-refractivity contribution < 1.29 is 4.79 Å². The normalized spacial score (nSPS) is 17.2. The molecule has 4 heterocycles. The van der Waals surface area contributed by atoms with Gasteiger partial charge in [0.25, 0.3) is 5.91 Å². The molecule has 3 aromatic heterocycles. The van der Waals surface area contributed by atoms with Crippen LogP contribution in [0.3, 0.4) is 0 Å². The van der Waals surface area contributed by atoms with Crippen LogP contribution in [0.4, 0.5) is 5.82 Å². The van der Waals surface area contributed by atoms with Crippen LogP contribution < -0.4 is 5.73 Å². The van der Waals surface area contributed by atoms with Gasteiger partial charge in [0.2, 0.25) is 0 Å². The summed E-state index contributed by atoms with van der Waals surface area (Å²) < 4.78 is 1.92. The molecule has 28 heavy (non-hydrogen) atoms. The number of nitrogen functional groups attached to an aromatic ring is 1. The van der Waals surface area contributed by atoms with Gasteiger partial charge in [0.15, 0.2) is 11.6 Å². The average Bonchev–Trinajstić information content (AvgIpc) is 3.17. The van der Waals surface area contributed by atoms with Gasteiger partial charge in [-0.1, -0.05) is 20.3 Å². The number of amides is 1. The molecule has 0 unspecified atom stereocenters. The zero-order chi connectivity index (χ0) is 19.7. The Balaban J connectivity index is 1.72. The highest BCUT2D eigenvalue weighted by Gasteiger charge is 2.37. The van der Waals surface area contributed by atoms with E-state index in [0.29, 0.717) is 30.3 Å². The second kappa shape index (κ2) is 7.38. The maximum atomic E-state index is 13.2. The SMILES string of the molecule is CC[C@H](C)[C@H]1c2nc(-c3cccnc3)nn2CCN1C(=O)c1ccc(N)nc1. The first-order valence-electron chi connectivity index (χ1n) is 9.46. The van der Waals surface area contributed by atoms with Crippen LogP contribution >= 0.6 is 0 Å². The number of nitrogens with two attached hydrogens (primary N) is 1. The molecule has 144 valence electrons. The van der Waals surface area contributed by atoms with Gasteiger partial charge in [0, 0.05) is 30.7 Å². The molecule has 8 nitrogen and oxygen atoms in total. The Hall–Kier alpha value is -3.29. The van der Waals surface area contributed by atoms with Crippen molar-refractivity contribution in [2.75, 3.05) is 12.3 Å². The van der Waals surface area contributed by atoms with E-state index in [1.807, 2.05) is 21.7 Å². The molecule has 0 bridgehead atoms. The van der Waals surface area contributed by atoms with Gasteiger partial charge < -0.3 is 10.6 Å². The third-order valence-corrected chi connectivity index (χ3v) is 5.25. The third-order valence-electron chi connectivity index (χ3n) is 5.25. The Morgan fingerprint density at radius 3 is 2.82 bits per heavy atom. The van der Waals surface area contributed by atoms with Crippen molar-refractivity contribution in [3.63, 3.8) is 0 Å². The van der Waals surface area contributed by atoms with Crippen molar-refractivity contribution in [3.05, 3.63) is 54.2 Å². The first-order chi connectivity index (χ1) is 13.6. The number of fused-ring (bicyclic) bond motifs is 1. The highest BCUT2D eigenvalue weighted by Crippen LogP contribution is 2.34. The van der Waals surface area contributed by atoms with Gasteiger partial charge >= 0.3 is 0 Å². The number of nitrogens with zero attached hydrogens (tertiary/aromatic N) is 6. The van der Waals surface area contributed by atoms with Crippen molar-refractivity contribution in [1.29, 1.82) is 0 Å². The Morgan fingerprint density at radius 2 is 2.14 bits per heavy atom. The fraction of sp³-hybridized carbons (Fsp3) is 0.350. The number of aromatic nitrogens is 5. The van der Waals surface area contributed by atoms with E-state index in [0.717, 1.165) is 17.8 Å². The summed E-state index contributed by atoms with van der Waals surface area (Å²) in [5, 5.41) is 4.66. The summed E-state index contributed by atoms with van der Waals surface area (Å²) in [5.74, 6) is 2.02. The van der Waals surface area contributed by atoms with Crippen LogP contribution in [0.5, 0.6) is 0 Å². The summed E-state index contributed by atoms with van der Waals surface area (Å²) in [6.07, 6.45) is 5.93. The molecule has 0 fully saturated rings. The lowest BCUT2D eigenvalue weighted by atomic mass is 9.94. The predicted molar refractivity (Wildman–Crippen MR) is 105 cm³/mol. The number of hydrogen-bond acceptors (Lipinski definition) is 6. The minimum absolute atomic E-state index is 0.0602. The lowest BCUT2D eigenvalue weighted by molar-refractivity contribution is 0.0518. The molecule has 1 amide bonds. The topological polar surface area (TPSA) is 103 Å². The second-order valence-corrected chi connectivity index (χ2v) is 7.06. The number of hydrogen-bond donors (Lipinski definition) is 1. The van der Waals surface area contributed by atoms with Crippen LogP contribution in [0.25, 0.3) is 11.4 Å². The number of carbonyl (C=O) groups is 1. The maximum absolute atomic E-state index is 13.2. The monoisotopic (exact) mass is 377 g/mol. The van der Waals surface area contributed by atoms with Gasteiger partial charge in [-0.25, -0.2) is 14.6 Å². The molecule has 1 aliphatic rings. The Morgan fingerprint density at radius 1 is 1.29 bits per heavy atom. The van der Waals surface area contributed by atoms with Crippen LogP contribution in [0.1, 0.15) is 42.5 Å². The van der Waals surface area contributed by atoms with E-state index in [9.17, 15) is 4.79 Å². The predicted octanol–water partition coefficient (Wildman–Crippen LogP) is 2.56. The van der Waals surface area contributed by atoms with Crippen molar-refractivity contribution >= 4 is 11.7 Å². The summed E-state index contributed by atoms with van der Waals surface area (Å²) in [4.78, 5) is 28.1. The molecule has 2 atom stereocenters. The van der Waals surface area contributed by atoms with E-state index in [1.54, 1.807) is 24.5 Å². The van der Waals surface area contributed by atoms with E-state index >= 15 is 0 Å². The van der Waals surface area contributed by atoms with Crippen molar-refractivity contribution in [2.45, 2.75) is 32.9 Å². The summed E-state index contributed by atoms with van der Waals surface area (Å²) in [5.41, 5.74) is 7.06. The van der Waals surface area contributed by atoms with E-state index < -0.39 is 0 Å². The molecule has 0 aromatic carbocycles. The van der Waals surface area contributed by atoms with Gasteiger partial charge in [0.05, 0.1) is 18.2 Å². The van der Waals surface area contributed by atoms with Crippen LogP contribution in [-0.2, 0) is 6.54 Å². The number of pyridine rings is 2. The molecule has 3 aromatic rings. The zero-order valence-corrected chi connectivity index (χ0v) is 16.0. The van der Waals surface area contributed by atoms with Crippen LogP contribution in [0.2, 0.25) is 0 Å². The molecule has 4 rings (SSSR count). The van der Waals surface area contributed by atoms with Crippen molar-refractivity contribution in [1.82, 2.24) is 29.6 Å². The fourth-order valence-corrected chi connectivity index (χ4v) is 3.55. The summed E-state index contributed by atoms with van der Waals surface area (Å²) in [6, 6.07) is 7.03. The zero-order valence-electron chi connectivity index (χ0n) is 16.0. The second-order valence-electron chi connectivity index (χ2n) is 7.06. The van der Waals surface area contributed by atoms with Gasteiger partial charge in [-0.15, -0.1) is 0 Å². The van der Waals surface area contributed by atoms with Gasteiger partial charge in [-0.05, 0) is 30.2 Å². The molecule has 2 N–H and O–H groups in total. The van der Waals surface area contributed by atoms with Crippen LogP contribution in [0.15, 0.2) is 42.9 Å². The lowest BCUT2D eigenvalue weighted by Crippen LogP contribution is -2.45. The fourth-order valence-electron chi connectivity index (χ4n) is 3.55.